The molecule has 2 aliphatic rings. The number of aromatic nitrogens is 1. The first kappa shape index (κ1) is 13.6. The number of fused-ring (bicyclic) bond motifs is 1. The third-order valence-corrected chi connectivity index (χ3v) is 4.05. The summed E-state index contributed by atoms with van der Waals surface area (Å²) in [6, 6.07) is 2.22. The minimum Gasteiger partial charge on any atom is -0.264 e. The maximum atomic E-state index is 4.23. The molecule has 0 aromatic carbocycles. The Morgan fingerprint density at radius 1 is 1.00 bits per heavy atom. The lowest BCUT2D eigenvalue weighted by Gasteiger charge is -2.33. The molecule has 100 valence electrons. The highest BCUT2D eigenvalue weighted by atomic mass is 14.6. The Balaban J connectivity index is 0.000000267. The average molecular weight is 245 g/mol. The van der Waals surface area contributed by atoms with Gasteiger partial charge in [-0.25, -0.2) is 0 Å². The Morgan fingerprint density at radius 2 is 1.61 bits per heavy atom. The van der Waals surface area contributed by atoms with Gasteiger partial charge in [0.2, 0.25) is 0 Å². The van der Waals surface area contributed by atoms with Crippen LogP contribution in [0.15, 0.2) is 18.5 Å². The molecule has 1 aromatic rings. The van der Waals surface area contributed by atoms with Crippen LogP contribution in [-0.4, -0.2) is 4.98 Å². The number of hydrogen-bond donors (Lipinski definition) is 0. The van der Waals surface area contributed by atoms with Crippen LogP contribution in [0.2, 0.25) is 0 Å². The fourth-order valence-electron chi connectivity index (χ4n) is 3.31. The molecule has 0 radical (unpaired) electrons. The van der Waals surface area contributed by atoms with Crippen LogP contribution in [0.1, 0.15) is 64.0 Å². The Bertz CT molecular complexity index is 345. The second-order valence-corrected chi connectivity index (χ2v) is 6.79. The van der Waals surface area contributed by atoms with E-state index in [1.165, 1.54) is 50.5 Å². The number of rotatable bonds is 0. The Labute approximate surface area is 112 Å². The van der Waals surface area contributed by atoms with Gasteiger partial charge in [0.25, 0.3) is 0 Å². The Morgan fingerprint density at radius 3 is 2.22 bits per heavy atom. The lowest BCUT2D eigenvalue weighted by atomic mass is 9.72. The molecule has 1 heterocycles. The lowest BCUT2D eigenvalue weighted by molar-refractivity contribution is 0.202. The van der Waals surface area contributed by atoms with E-state index in [4.69, 9.17) is 0 Å². The highest BCUT2D eigenvalue weighted by Crippen LogP contribution is 2.46. The molecule has 1 heteroatoms. The zero-order valence-corrected chi connectivity index (χ0v) is 12.2. The highest BCUT2D eigenvalue weighted by Gasteiger charge is 2.37. The van der Waals surface area contributed by atoms with Gasteiger partial charge in [-0.2, -0.15) is 0 Å². The van der Waals surface area contributed by atoms with Gasteiger partial charge in [-0.1, -0.05) is 40.0 Å². The van der Waals surface area contributed by atoms with Crippen molar-refractivity contribution in [3.63, 3.8) is 0 Å². The summed E-state index contributed by atoms with van der Waals surface area (Å²) in [5.74, 6) is 0.833. The average Bonchev–Trinajstić information content (AvgIpc) is 2.66. The summed E-state index contributed by atoms with van der Waals surface area (Å²) < 4.78 is 0. The normalized spacial score (nSPS) is 20.4. The molecular formula is C17H27N. The molecule has 0 saturated heterocycles. The Hall–Kier alpha value is -0.850. The smallest absolute Gasteiger partial charge is 0.0302 e. The molecule has 1 aromatic heterocycles. The quantitative estimate of drug-likeness (QED) is 0.640. The molecule has 18 heavy (non-hydrogen) atoms. The maximum Gasteiger partial charge on any atom is 0.0302 e. The van der Waals surface area contributed by atoms with Gasteiger partial charge in [0.1, 0.15) is 0 Å². The summed E-state index contributed by atoms with van der Waals surface area (Å²) in [6.07, 6.45) is 13.9. The van der Waals surface area contributed by atoms with E-state index in [9.17, 15) is 0 Å². The SMILES string of the molecule is CC(C)C.c1cc2c(cn1)CC1(CCCCC1)C2. The van der Waals surface area contributed by atoms with Crippen LogP contribution in [0.4, 0.5) is 0 Å². The monoisotopic (exact) mass is 245 g/mol. The van der Waals surface area contributed by atoms with Crippen LogP contribution >= 0.6 is 0 Å². The minimum absolute atomic E-state index is 0.642. The first-order valence-electron chi connectivity index (χ1n) is 7.53. The van der Waals surface area contributed by atoms with Crippen molar-refractivity contribution in [1.82, 2.24) is 4.98 Å². The molecule has 1 fully saturated rings. The van der Waals surface area contributed by atoms with E-state index in [2.05, 4.69) is 38.0 Å². The van der Waals surface area contributed by atoms with E-state index in [0.717, 1.165) is 5.92 Å². The molecule has 1 nitrogen and oxygen atoms in total. The van der Waals surface area contributed by atoms with E-state index in [1.807, 2.05) is 6.20 Å². The van der Waals surface area contributed by atoms with Crippen molar-refractivity contribution < 1.29 is 0 Å². The number of hydrogen-bond acceptors (Lipinski definition) is 1. The summed E-state index contributed by atoms with van der Waals surface area (Å²) in [5.41, 5.74) is 3.74. The minimum atomic E-state index is 0.642. The van der Waals surface area contributed by atoms with Gasteiger partial charge < -0.3 is 0 Å². The fraction of sp³-hybridized carbons (Fsp3) is 0.706. The van der Waals surface area contributed by atoms with Gasteiger partial charge >= 0.3 is 0 Å². The van der Waals surface area contributed by atoms with Crippen LogP contribution < -0.4 is 0 Å². The highest BCUT2D eigenvalue weighted by molar-refractivity contribution is 5.31. The third-order valence-electron chi connectivity index (χ3n) is 4.05. The summed E-state index contributed by atoms with van der Waals surface area (Å²) in [7, 11) is 0. The Kier molecular flexibility index (Phi) is 4.42. The molecule has 0 bridgehead atoms. The van der Waals surface area contributed by atoms with Crippen LogP contribution in [0, 0.1) is 11.3 Å². The molecule has 0 aliphatic heterocycles. The molecule has 1 saturated carbocycles. The van der Waals surface area contributed by atoms with Crippen molar-refractivity contribution in [2.75, 3.05) is 0 Å². The molecule has 3 rings (SSSR count). The molecule has 0 N–H and O–H groups in total. The summed E-state index contributed by atoms with van der Waals surface area (Å²) in [4.78, 5) is 4.23. The molecule has 2 aliphatic carbocycles. The van der Waals surface area contributed by atoms with Crippen molar-refractivity contribution >= 4 is 0 Å². The van der Waals surface area contributed by atoms with Gasteiger partial charge in [0.05, 0.1) is 0 Å². The van der Waals surface area contributed by atoms with Crippen molar-refractivity contribution in [2.45, 2.75) is 65.7 Å². The number of nitrogens with zero attached hydrogens (tertiary/aromatic N) is 1. The van der Waals surface area contributed by atoms with E-state index >= 15 is 0 Å². The van der Waals surface area contributed by atoms with Gasteiger partial charge in [0.15, 0.2) is 0 Å². The predicted molar refractivity (Wildman–Crippen MR) is 77.7 cm³/mol. The van der Waals surface area contributed by atoms with E-state index in [0.29, 0.717) is 5.41 Å². The van der Waals surface area contributed by atoms with E-state index in [-0.39, 0.29) is 0 Å². The summed E-state index contributed by atoms with van der Waals surface area (Å²) >= 11 is 0. The van der Waals surface area contributed by atoms with Gasteiger partial charge in [-0.05, 0) is 54.2 Å². The summed E-state index contributed by atoms with van der Waals surface area (Å²) in [5, 5.41) is 0. The van der Waals surface area contributed by atoms with E-state index < -0.39 is 0 Å². The summed E-state index contributed by atoms with van der Waals surface area (Å²) in [6.45, 7) is 6.50. The van der Waals surface area contributed by atoms with Crippen LogP contribution in [0.25, 0.3) is 0 Å². The van der Waals surface area contributed by atoms with E-state index in [1.54, 1.807) is 5.56 Å². The fourth-order valence-corrected chi connectivity index (χ4v) is 3.31. The topological polar surface area (TPSA) is 12.9 Å². The van der Waals surface area contributed by atoms with Crippen molar-refractivity contribution in [1.29, 1.82) is 0 Å². The van der Waals surface area contributed by atoms with Crippen molar-refractivity contribution in [3.05, 3.63) is 29.6 Å². The molecule has 0 amide bonds. The largest absolute Gasteiger partial charge is 0.264 e. The standard InChI is InChI=1S/C13H17N.C4H10/c1-2-5-13(6-3-1)8-11-4-7-14-10-12(11)9-13;1-4(2)3/h4,7,10H,1-3,5-6,8-9H2;4H,1-3H3. The van der Waals surface area contributed by atoms with Crippen molar-refractivity contribution in [3.8, 4) is 0 Å². The van der Waals surface area contributed by atoms with Gasteiger partial charge in [-0.15, -0.1) is 0 Å². The third kappa shape index (κ3) is 3.34. The first-order valence-corrected chi connectivity index (χ1v) is 7.53. The maximum absolute atomic E-state index is 4.23. The van der Waals surface area contributed by atoms with Crippen LogP contribution in [0.5, 0.6) is 0 Å². The second kappa shape index (κ2) is 5.86. The molecule has 0 unspecified atom stereocenters. The number of pyridine rings is 1. The molecule has 1 spiro atoms. The zero-order chi connectivity index (χ0) is 13.0. The molecular weight excluding hydrogens is 218 g/mol. The van der Waals surface area contributed by atoms with Crippen LogP contribution in [-0.2, 0) is 12.8 Å². The lowest BCUT2D eigenvalue weighted by Crippen LogP contribution is -2.24. The van der Waals surface area contributed by atoms with Gasteiger partial charge in [0, 0.05) is 12.4 Å². The first-order chi connectivity index (χ1) is 8.61. The second-order valence-electron chi connectivity index (χ2n) is 6.79. The predicted octanol–water partition coefficient (Wildman–Crippen LogP) is 4.79. The molecule has 0 atom stereocenters. The zero-order valence-electron chi connectivity index (χ0n) is 12.2. The van der Waals surface area contributed by atoms with Gasteiger partial charge in [-0.3, -0.25) is 4.98 Å². The van der Waals surface area contributed by atoms with Crippen LogP contribution in [0.3, 0.4) is 0 Å². The van der Waals surface area contributed by atoms with Crippen molar-refractivity contribution in [2.24, 2.45) is 11.3 Å².